The van der Waals surface area contributed by atoms with Crippen molar-refractivity contribution >= 4 is 24.4 Å². The summed E-state index contributed by atoms with van der Waals surface area (Å²) in [5.41, 5.74) is 1.15. The van der Waals surface area contributed by atoms with Crippen molar-refractivity contribution in [2.45, 2.75) is 13.3 Å². The first-order valence-corrected chi connectivity index (χ1v) is 5.56. The summed E-state index contributed by atoms with van der Waals surface area (Å²) in [6, 6.07) is 3.31. The van der Waals surface area contributed by atoms with Gasteiger partial charge in [0.25, 0.3) is 0 Å². The molecule has 1 aromatic rings. The van der Waals surface area contributed by atoms with Crippen molar-refractivity contribution < 1.29 is 14.3 Å². The molecule has 1 atom stereocenters. The van der Waals surface area contributed by atoms with Crippen LogP contribution in [-0.2, 0) is 4.74 Å². The van der Waals surface area contributed by atoms with Crippen molar-refractivity contribution in [3.8, 4) is 0 Å². The first-order valence-electron chi connectivity index (χ1n) is 5.56. The molecule has 3 heteroatoms. The number of aldehydes is 1. The van der Waals surface area contributed by atoms with Crippen molar-refractivity contribution in [3.05, 3.63) is 33.7 Å². The molecule has 1 aliphatic carbocycles. The second-order valence-corrected chi connectivity index (χ2v) is 4.22. The molecule has 3 nitrogen and oxygen atoms in total. The molecule has 0 N–H and O–H groups in total. The lowest BCUT2D eigenvalue weighted by Crippen LogP contribution is -2.37. The van der Waals surface area contributed by atoms with Gasteiger partial charge in [-0.15, -0.1) is 0 Å². The lowest BCUT2D eigenvalue weighted by Gasteiger charge is -2.11. The van der Waals surface area contributed by atoms with Crippen LogP contribution in [-0.4, -0.2) is 19.4 Å². The summed E-state index contributed by atoms with van der Waals surface area (Å²) in [5, 5.41) is 1.67. The number of ether oxygens (including phenoxy) is 1. The smallest absolute Gasteiger partial charge is 0.338 e. The molecule has 0 saturated carbocycles. The van der Waals surface area contributed by atoms with Gasteiger partial charge in [0.2, 0.25) is 0 Å². The van der Waals surface area contributed by atoms with E-state index in [2.05, 4.69) is 6.92 Å². The van der Waals surface area contributed by atoms with Gasteiger partial charge in [-0.3, -0.25) is 4.79 Å². The molecular formula is C14H14O3. The number of benzene rings is 1. The third-order valence-electron chi connectivity index (χ3n) is 3.00. The van der Waals surface area contributed by atoms with E-state index in [1.54, 1.807) is 12.1 Å². The SMILES string of the molecule is COC(=O)c1ccc(C=O)c2c1=CCC(C)C=2. The molecule has 0 spiro atoms. The van der Waals surface area contributed by atoms with Crippen LogP contribution in [0.2, 0.25) is 0 Å². The fraction of sp³-hybridized carbons (Fsp3) is 0.286. The van der Waals surface area contributed by atoms with Gasteiger partial charge in [0.05, 0.1) is 12.7 Å². The number of carbonyl (C=O) groups excluding carboxylic acids is 2. The minimum atomic E-state index is -0.363. The molecule has 0 aliphatic heterocycles. The Hall–Kier alpha value is -1.90. The van der Waals surface area contributed by atoms with Crippen molar-refractivity contribution in [1.29, 1.82) is 0 Å². The van der Waals surface area contributed by atoms with Gasteiger partial charge in [0.1, 0.15) is 0 Å². The summed E-state index contributed by atoms with van der Waals surface area (Å²) in [4.78, 5) is 22.6. The van der Waals surface area contributed by atoms with Gasteiger partial charge in [-0.25, -0.2) is 4.79 Å². The fourth-order valence-electron chi connectivity index (χ4n) is 2.11. The van der Waals surface area contributed by atoms with E-state index < -0.39 is 0 Å². The van der Waals surface area contributed by atoms with E-state index in [4.69, 9.17) is 4.74 Å². The number of rotatable bonds is 2. The zero-order valence-corrected chi connectivity index (χ0v) is 9.90. The van der Waals surface area contributed by atoms with E-state index in [0.717, 1.165) is 23.1 Å². The monoisotopic (exact) mass is 230 g/mol. The minimum absolute atomic E-state index is 0.363. The van der Waals surface area contributed by atoms with Crippen molar-refractivity contribution in [2.24, 2.45) is 5.92 Å². The molecule has 17 heavy (non-hydrogen) atoms. The van der Waals surface area contributed by atoms with Crippen LogP contribution < -0.4 is 10.4 Å². The second-order valence-electron chi connectivity index (χ2n) is 4.22. The van der Waals surface area contributed by atoms with Gasteiger partial charge >= 0.3 is 5.97 Å². The zero-order chi connectivity index (χ0) is 12.4. The largest absolute Gasteiger partial charge is 0.465 e. The van der Waals surface area contributed by atoms with Gasteiger partial charge in [-0.2, -0.15) is 0 Å². The predicted molar refractivity (Wildman–Crippen MR) is 65.1 cm³/mol. The summed E-state index contributed by atoms with van der Waals surface area (Å²) in [6.07, 6.45) is 5.73. The van der Waals surface area contributed by atoms with E-state index in [1.807, 2.05) is 12.2 Å². The Labute approximate surface area is 99.4 Å². The first-order chi connectivity index (χ1) is 8.17. The Morgan fingerprint density at radius 1 is 1.41 bits per heavy atom. The Morgan fingerprint density at radius 2 is 2.18 bits per heavy atom. The highest BCUT2D eigenvalue weighted by molar-refractivity contribution is 5.91. The number of esters is 1. The van der Waals surface area contributed by atoms with E-state index in [9.17, 15) is 9.59 Å². The molecule has 0 aromatic heterocycles. The van der Waals surface area contributed by atoms with Gasteiger partial charge in [0.15, 0.2) is 6.29 Å². The van der Waals surface area contributed by atoms with Gasteiger partial charge < -0.3 is 4.74 Å². The molecule has 0 bridgehead atoms. The lowest BCUT2D eigenvalue weighted by molar-refractivity contribution is 0.0599. The normalized spacial score (nSPS) is 17.4. The number of hydrogen-bond acceptors (Lipinski definition) is 3. The minimum Gasteiger partial charge on any atom is -0.465 e. The number of hydrogen-bond donors (Lipinski definition) is 0. The van der Waals surface area contributed by atoms with Gasteiger partial charge in [-0.1, -0.05) is 25.1 Å². The van der Waals surface area contributed by atoms with Gasteiger partial charge in [-0.05, 0) is 28.8 Å². The van der Waals surface area contributed by atoms with Crippen LogP contribution in [0.1, 0.15) is 34.1 Å². The molecule has 0 radical (unpaired) electrons. The summed E-state index contributed by atoms with van der Waals surface area (Å²) < 4.78 is 4.74. The maximum atomic E-state index is 11.6. The Morgan fingerprint density at radius 3 is 2.82 bits per heavy atom. The van der Waals surface area contributed by atoms with Crippen LogP contribution >= 0.6 is 0 Å². The van der Waals surface area contributed by atoms with Crippen molar-refractivity contribution in [3.63, 3.8) is 0 Å². The molecule has 1 aliphatic rings. The second kappa shape index (κ2) is 4.53. The molecule has 0 amide bonds. The number of carbonyl (C=O) groups is 2. The number of fused-ring (bicyclic) bond motifs is 1. The van der Waals surface area contributed by atoms with Crippen LogP contribution in [0, 0.1) is 5.92 Å². The maximum Gasteiger partial charge on any atom is 0.338 e. The Bertz CT molecular complexity index is 584. The molecule has 0 saturated heterocycles. The van der Waals surface area contributed by atoms with Crippen LogP contribution in [0.3, 0.4) is 0 Å². The highest BCUT2D eigenvalue weighted by atomic mass is 16.5. The van der Waals surface area contributed by atoms with Gasteiger partial charge in [0, 0.05) is 5.56 Å². The first kappa shape index (κ1) is 11.6. The zero-order valence-electron chi connectivity index (χ0n) is 9.90. The molecule has 2 rings (SSSR count). The Balaban J connectivity index is 2.79. The molecule has 0 fully saturated rings. The lowest BCUT2D eigenvalue weighted by atomic mass is 9.94. The number of methoxy groups -OCH3 is 1. The highest BCUT2D eigenvalue weighted by Gasteiger charge is 2.13. The average molecular weight is 230 g/mol. The third kappa shape index (κ3) is 2.00. The quantitative estimate of drug-likeness (QED) is 0.559. The van der Waals surface area contributed by atoms with E-state index in [1.165, 1.54) is 7.11 Å². The van der Waals surface area contributed by atoms with Crippen LogP contribution in [0.4, 0.5) is 0 Å². The topological polar surface area (TPSA) is 43.4 Å². The molecule has 88 valence electrons. The van der Waals surface area contributed by atoms with E-state index >= 15 is 0 Å². The summed E-state index contributed by atoms with van der Waals surface area (Å²) in [6.45, 7) is 2.08. The average Bonchev–Trinajstić information content (AvgIpc) is 2.36. The van der Waals surface area contributed by atoms with Crippen molar-refractivity contribution in [2.75, 3.05) is 7.11 Å². The van der Waals surface area contributed by atoms with Crippen LogP contribution in [0.25, 0.3) is 12.2 Å². The fourth-order valence-corrected chi connectivity index (χ4v) is 2.11. The summed E-state index contributed by atoms with van der Waals surface area (Å²) in [7, 11) is 1.36. The molecular weight excluding hydrogens is 216 g/mol. The molecule has 0 heterocycles. The van der Waals surface area contributed by atoms with Crippen LogP contribution in [0.15, 0.2) is 12.1 Å². The van der Waals surface area contributed by atoms with Crippen LogP contribution in [0.5, 0.6) is 0 Å². The molecule has 1 aromatic carbocycles. The predicted octanol–water partition coefficient (Wildman–Crippen LogP) is 0.887. The van der Waals surface area contributed by atoms with E-state index in [0.29, 0.717) is 17.0 Å². The van der Waals surface area contributed by atoms with Crippen molar-refractivity contribution in [1.82, 2.24) is 0 Å². The van der Waals surface area contributed by atoms with E-state index in [-0.39, 0.29) is 5.97 Å². The standard InChI is InChI=1S/C14H14O3/c1-9-3-5-11-12(14(16)17-2)6-4-10(8-15)13(11)7-9/h4-9H,3H2,1-2H3. The Kier molecular flexibility index (Phi) is 3.09. The molecule has 1 unspecified atom stereocenters. The summed E-state index contributed by atoms with van der Waals surface area (Å²) in [5.74, 6) is 0.0204. The third-order valence-corrected chi connectivity index (χ3v) is 3.00. The maximum absolute atomic E-state index is 11.6. The summed E-state index contributed by atoms with van der Waals surface area (Å²) >= 11 is 0. The highest BCUT2D eigenvalue weighted by Crippen LogP contribution is 2.08.